The molecule has 4 nitrogen and oxygen atoms in total. The maximum Gasteiger partial charge on any atom is 0.236 e. The second-order valence-electron chi connectivity index (χ2n) is 6.15. The van der Waals surface area contributed by atoms with Gasteiger partial charge in [-0.3, -0.25) is 9.69 Å². The number of aromatic nitrogens is 1. The van der Waals surface area contributed by atoms with E-state index >= 15 is 0 Å². The Labute approximate surface area is 147 Å². The summed E-state index contributed by atoms with van der Waals surface area (Å²) < 4.78 is 5.47. The van der Waals surface area contributed by atoms with Gasteiger partial charge in [-0.05, 0) is 37.7 Å². The van der Waals surface area contributed by atoms with Crippen molar-refractivity contribution in [1.82, 2.24) is 4.98 Å². The van der Waals surface area contributed by atoms with Crippen LogP contribution in [0.3, 0.4) is 0 Å². The molecule has 128 valence electrons. The van der Waals surface area contributed by atoms with Gasteiger partial charge in [-0.15, -0.1) is 11.3 Å². The Kier molecular flexibility index (Phi) is 5.99. The van der Waals surface area contributed by atoms with Gasteiger partial charge in [0.2, 0.25) is 5.91 Å². The number of benzene rings is 1. The number of hydrogen-bond donors (Lipinski definition) is 0. The molecule has 1 amide bonds. The summed E-state index contributed by atoms with van der Waals surface area (Å²) in [5, 5.41) is 2.71. The highest BCUT2D eigenvalue weighted by Gasteiger charge is 2.30. The van der Waals surface area contributed by atoms with Crippen molar-refractivity contribution in [1.29, 1.82) is 0 Å². The summed E-state index contributed by atoms with van der Waals surface area (Å²) in [5.41, 5.74) is 1.10. The average molecular weight is 344 g/mol. The van der Waals surface area contributed by atoms with Crippen LogP contribution in [-0.4, -0.2) is 30.6 Å². The molecule has 24 heavy (non-hydrogen) atoms. The lowest BCUT2D eigenvalue weighted by Gasteiger charge is -2.29. The van der Waals surface area contributed by atoms with Crippen molar-refractivity contribution in [3.05, 3.63) is 47.5 Å². The Morgan fingerprint density at radius 1 is 1.33 bits per heavy atom. The molecule has 0 saturated carbocycles. The van der Waals surface area contributed by atoms with E-state index in [1.54, 1.807) is 6.20 Å². The molecular weight excluding hydrogens is 320 g/mol. The van der Waals surface area contributed by atoms with Crippen LogP contribution in [0.25, 0.3) is 0 Å². The molecule has 2 heterocycles. The largest absolute Gasteiger partial charge is 0.381 e. The minimum atomic E-state index is -0.113. The van der Waals surface area contributed by atoms with Crippen molar-refractivity contribution in [2.45, 2.75) is 32.1 Å². The lowest BCUT2D eigenvalue weighted by molar-refractivity contribution is -0.120. The fraction of sp³-hybridized carbons (Fsp3) is 0.474. The second-order valence-corrected chi connectivity index (χ2v) is 7.02. The zero-order valence-electron chi connectivity index (χ0n) is 14.1. The van der Waals surface area contributed by atoms with Gasteiger partial charge >= 0.3 is 0 Å². The minimum Gasteiger partial charge on any atom is -0.381 e. The molecule has 0 spiro atoms. The molecule has 1 unspecified atom stereocenters. The number of anilines is 1. The smallest absolute Gasteiger partial charge is 0.236 e. The van der Waals surface area contributed by atoms with Crippen LogP contribution >= 0.6 is 11.3 Å². The molecule has 5 heteroatoms. The monoisotopic (exact) mass is 344 g/mol. The summed E-state index contributed by atoms with van der Waals surface area (Å²) in [6.45, 7) is 4.27. The van der Waals surface area contributed by atoms with E-state index in [1.807, 2.05) is 35.4 Å². The van der Waals surface area contributed by atoms with Crippen LogP contribution in [0.1, 0.15) is 37.7 Å². The Morgan fingerprint density at radius 3 is 2.71 bits per heavy atom. The summed E-state index contributed by atoms with van der Waals surface area (Å²) in [4.78, 5) is 19.5. The zero-order chi connectivity index (χ0) is 16.8. The third kappa shape index (κ3) is 4.02. The van der Waals surface area contributed by atoms with Crippen LogP contribution < -0.4 is 4.90 Å². The molecule has 1 atom stereocenters. The fourth-order valence-corrected chi connectivity index (χ4v) is 4.01. The normalized spacial score (nSPS) is 16.7. The quantitative estimate of drug-likeness (QED) is 0.792. The summed E-state index contributed by atoms with van der Waals surface area (Å²) in [7, 11) is 0. The van der Waals surface area contributed by atoms with Crippen LogP contribution in [0.15, 0.2) is 41.9 Å². The maximum absolute atomic E-state index is 13.3. The number of amides is 1. The summed E-state index contributed by atoms with van der Waals surface area (Å²) in [6, 6.07) is 10.2. The van der Waals surface area contributed by atoms with E-state index in [1.165, 1.54) is 11.3 Å². The molecule has 2 aromatic rings. The predicted molar refractivity (Wildman–Crippen MR) is 97.5 cm³/mol. The Balaban J connectivity index is 1.84. The van der Waals surface area contributed by atoms with Gasteiger partial charge in [0, 0.05) is 31.3 Å². The molecule has 1 aliphatic heterocycles. The molecule has 1 fully saturated rings. The van der Waals surface area contributed by atoms with Crippen LogP contribution in [0.4, 0.5) is 5.13 Å². The number of likely N-dealkylation sites (N-methyl/N-ethyl adjacent to an activating group) is 1. The van der Waals surface area contributed by atoms with Crippen molar-refractivity contribution in [3.63, 3.8) is 0 Å². The number of carbonyl (C=O) groups is 1. The maximum atomic E-state index is 13.3. The standard InChI is InChI=1S/C19H24N2O2S/c1-2-21(19-20-10-13-24-19)18(22)17(16-6-4-3-5-7-16)14-15-8-11-23-12-9-15/h3-7,10,13,15,17H,2,8-9,11-12,14H2,1H3. The highest BCUT2D eigenvalue weighted by Crippen LogP contribution is 2.32. The van der Waals surface area contributed by atoms with Crippen LogP contribution in [0.2, 0.25) is 0 Å². The van der Waals surface area contributed by atoms with E-state index in [9.17, 15) is 4.79 Å². The molecule has 0 N–H and O–H groups in total. The second kappa shape index (κ2) is 8.40. The fourth-order valence-electron chi connectivity index (χ4n) is 3.30. The Morgan fingerprint density at radius 2 is 2.08 bits per heavy atom. The third-order valence-corrected chi connectivity index (χ3v) is 5.44. The summed E-state index contributed by atoms with van der Waals surface area (Å²) >= 11 is 1.52. The molecule has 0 aliphatic carbocycles. The third-order valence-electron chi connectivity index (χ3n) is 4.64. The van der Waals surface area contributed by atoms with Gasteiger partial charge in [-0.2, -0.15) is 0 Å². The first-order chi connectivity index (χ1) is 11.8. The van der Waals surface area contributed by atoms with Crippen LogP contribution in [-0.2, 0) is 9.53 Å². The molecule has 1 aromatic heterocycles. The number of thiazole rings is 1. The van der Waals surface area contributed by atoms with Crippen molar-refractivity contribution in [3.8, 4) is 0 Å². The highest BCUT2D eigenvalue weighted by molar-refractivity contribution is 7.13. The molecule has 1 aromatic carbocycles. The van der Waals surface area contributed by atoms with Crippen molar-refractivity contribution in [2.24, 2.45) is 5.92 Å². The van der Waals surface area contributed by atoms with E-state index in [0.29, 0.717) is 12.5 Å². The van der Waals surface area contributed by atoms with Crippen molar-refractivity contribution < 1.29 is 9.53 Å². The van der Waals surface area contributed by atoms with E-state index in [2.05, 4.69) is 17.1 Å². The SMILES string of the molecule is CCN(C(=O)C(CC1CCOCC1)c1ccccc1)c1nccs1. The summed E-state index contributed by atoms with van der Waals surface area (Å²) in [5.74, 6) is 0.589. The lowest BCUT2D eigenvalue weighted by atomic mass is 9.84. The minimum absolute atomic E-state index is 0.113. The number of nitrogens with zero attached hydrogens (tertiary/aromatic N) is 2. The number of hydrogen-bond acceptors (Lipinski definition) is 4. The van der Waals surface area contributed by atoms with Gasteiger partial charge in [0.05, 0.1) is 5.92 Å². The zero-order valence-corrected chi connectivity index (χ0v) is 14.9. The van der Waals surface area contributed by atoms with Gasteiger partial charge in [0.1, 0.15) is 0 Å². The van der Waals surface area contributed by atoms with Crippen molar-refractivity contribution >= 4 is 22.4 Å². The highest BCUT2D eigenvalue weighted by atomic mass is 32.1. The van der Waals surface area contributed by atoms with Crippen molar-refractivity contribution in [2.75, 3.05) is 24.7 Å². The summed E-state index contributed by atoms with van der Waals surface area (Å²) in [6.07, 6.45) is 4.72. The number of carbonyl (C=O) groups excluding carboxylic acids is 1. The first-order valence-electron chi connectivity index (χ1n) is 8.63. The van der Waals surface area contributed by atoms with E-state index in [-0.39, 0.29) is 11.8 Å². The Hall–Kier alpha value is -1.72. The van der Waals surface area contributed by atoms with Crippen LogP contribution in [0.5, 0.6) is 0 Å². The van der Waals surface area contributed by atoms with E-state index < -0.39 is 0 Å². The van der Waals surface area contributed by atoms with Gasteiger partial charge in [-0.1, -0.05) is 30.3 Å². The Bertz CT molecular complexity index is 624. The van der Waals surface area contributed by atoms with E-state index in [4.69, 9.17) is 4.74 Å². The molecular formula is C19H24N2O2S. The molecule has 1 saturated heterocycles. The van der Waals surface area contributed by atoms with Crippen LogP contribution in [0, 0.1) is 5.92 Å². The topological polar surface area (TPSA) is 42.4 Å². The number of ether oxygens (including phenoxy) is 1. The van der Waals surface area contributed by atoms with Gasteiger partial charge in [0.15, 0.2) is 5.13 Å². The molecule has 0 bridgehead atoms. The van der Waals surface area contributed by atoms with Gasteiger partial charge < -0.3 is 4.74 Å². The van der Waals surface area contributed by atoms with Gasteiger partial charge in [-0.25, -0.2) is 4.98 Å². The first-order valence-corrected chi connectivity index (χ1v) is 9.51. The number of rotatable bonds is 6. The molecule has 1 aliphatic rings. The average Bonchev–Trinajstić information content (AvgIpc) is 3.16. The van der Waals surface area contributed by atoms with E-state index in [0.717, 1.165) is 43.2 Å². The first kappa shape index (κ1) is 17.1. The molecule has 0 radical (unpaired) electrons. The lowest BCUT2D eigenvalue weighted by Crippen LogP contribution is -2.36. The predicted octanol–water partition coefficient (Wildman–Crippen LogP) is 4.10. The van der Waals surface area contributed by atoms with Gasteiger partial charge in [0.25, 0.3) is 0 Å². The molecule has 3 rings (SSSR count).